The van der Waals surface area contributed by atoms with Gasteiger partial charge in [-0.05, 0) is 43.2 Å². The zero-order valence-corrected chi connectivity index (χ0v) is 17.4. The van der Waals surface area contributed by atoms with Gasteiger partial charge in [0.15, 0.2) is 0 Å². The normalized spacial score (nSPS) is 13.9. The predicted molar refractivity (Wildman–Crippen MR) is 116 cm³/mol. The van der Waals surface area contributed by atoms with Crippen LogP contribution in [0.5, 0.6) is 11.6 Å². The van der Waals surface area contributed by atoms with Gasteiger partial charge in [-0.15, -0.1) is 0 Å². The van der Waals surface area contributed by atoms with Gasteiger partial charge in [0.05, 0.1) is 5.56 Å². The highest BCUT2D eigenvalue weighted by atomic mass is 19.1. The Bertz CT molecular complexity index is 1120. The summed E-state index contributed by atoms with van der Waals surface area (Å²) >= 11 is 0. The van der Waals surface area contributed by atoms with E-state index in [0.29, 0.717) is 35.6 Å². The summed E-state index contributed by atoms with van der Waals surface area (Å²) in [5.74, 6) is 1.00. The Hall–Kier alpha value is -3.99. The molecule has 162 valence electrons. The lowest BCUT2D eigenvalue weighted by Gasteiger charge is -2.32. The SMILES string of the molecule is N#Cc1ccc(N2CCC(C(=O)NCc3cccnc3Oc3cccc(F)c3)CC2)nc1. The maximum atomic E-state index is 13.4. The number of anilines is 1. The van der Waals surface area contributed by atoms with Crippen LogP contribution in [0.25, 0.3) is 0 Å². The van der Waals surface area contributed by atoms with Crippen molar-refractivity contribution in [2.75, 3.05) is 18.0 Å². The first kappa shape index (κ1) is 21.2. The van der Waals surface area contributed by atoms with Crippen LogP contribution in [0.15, 0.2) is 60.9 Å². The Labute approximate surface area is 185 Å². The van der Waals surface area contributed by atoms with E-state index in [1.54, 1.807) is 36.7 Å². The van der Waals surface area contributed by atoms with Crippen molar-refractivity contribution in [3.05, 3.63) is 77.9 Å². The van der Waals surface area contributed by atoms with Crippen LogP contribution in [-0.4, -0.2) is 29.0 Å². The molecule has 0 bridgehead atoms. The Kier molecular flexibility index (Phi) is 6.56. The highest BCUT2D eigenvalue weighted by Gasteiger charge is 2.25. The van der Waals surface area contributed by atoms with Crippen LogP contribution in [0.3, 0.4) is 0 Å². The molecule has 32 heavy (non-hydrogen) atoms. The van der Waals surface area contributed by atoms with Crippen LogP contribution in [0.4, 0.5) is 10.2 Å². The smallest absolute Gasteiger partial charge is 0.224 e. The molecular weight excluding hydrogens is 409 g/mol. The van der Waals surface area contributed by atoms with Crippen LogP contribution < -0.4 is 15.0 Å². The first-order chi connectivity index (χ1) is 15.6. The Morgan fingerprint density at radius 1 is 1.19 bits per heavy atom. The van der Waals surface area contributed by atoms with Gasteiger partial charge in [-0.1, -0.05) is 12.1 Å². The summed E-state index contributed by atoms with van der Waals surface area (Å²) in [6, 6.07) is 15.1. The van der Waals surface area contributed by atoms with Crippen molar-refractivity contribution in [1.82, 2.24) is 15.3 Å². The molecule has 0 radical (unpaired) electrons. The number of halogens is 1. The summed E-state index contributed by atoms with van der Waals surface area (Å²) in [6.45, 7) is 1.71. The van der Waals surface area contributed by atoms with Crippen LogP contribution in [0.1, 0.15) is 24.0 Å². The first-order valence-electron chi connectivity index (χ1n) is 10.4. The summed E-state index contributed by atoms with van der Waals surface area (Å²) in [5.41, 5.74) is 1.24. The summed E-state index contributed by atoms with van der Waals surface area (Å²) in [5, 5.41) is 11.9. The second-order valence-corrected chi connectivity index (χ2v) is 7.52. The van der Waals surface area contributed by atoms with Crippen molar-refractivity contribution in [1.29, 1.82) is 5.26 Å². The molecule has 1 amide bonds. The monoisotopic (exact) mass is 431 g/mol. The highest BCUT2D eigenvalue weighted by Crippen LogP contribution is 2.25. The number of piperidine rings is 1. The van der Waals surface area contributed by atoms with Crippen molar-refractivity contribution < 1.29 is 13.9 Å². The third-order valence-electron chi connectivity index (χ3n) is 5.38. The van der Waals surface area contributed by atoms with E-state index in [-0.39, 0.29) is 18.4 Å². The molecular formula is C24H22FN5O2. The number of nitrogens with zero attached hydrogens (tertiary/aromatic N) is 4. The Morgan fingerprint density at radius 2 is 2.03 bits per heavy atom. The van der Waals surface area contributed by atoms with E-state index < -0.39 is 5.82 Å². The lowest BCUT2D eigenvalue weighted by Crippen LogP contribution is -2.40. The zero-order valence-electron chi connectivity index (χ0n) is 17.4. The number of benzene rings is 1. The van der Waals surface area contributed by atoms with Crippen molar-refractivity contribution in [2.45, 2.75) is 19.4 Å². The number of hydrogen-bond acceptors (Lipinski definition) is 6. The number of carbonyl (C=O) groups is 1. The number of aromatic nitrogens is 2. The summed E-state index contributed by atoms with van der Waals surface area (Å²) in [4.78, 5) is 23.4. The molecule has 3 heterocycles. The van der Waals surface area contributed by atoms with Gasteiger partial charge in [-0.2, -0.15) is 5.26 Å². The Morgan fingerprint density at radius 3 is 2.75 bits per heavy atom. The Balaban J connectivity index is 1.31. The number of pyridine rings is 2. The number of ether oxygens (including phenoxy) is 1. The molecule has 1 saturated heterocycles. The molecule has 1 fully saturated rings. The third kappa shape index (κ3) is 5.19. The molecule has 1 aliphatic heterocycles. The molecule has 4 rings (SSSR count). The number of amides is 1. The van der Waals surface area contributed by atoms with Crippen molar-refractivity contribution in [3.63, 3.8) is 0 Å². The maximum Gasteiger partial charge on any atom is 0.224 e. The van der Waals surface area contributed by atoms with Gasteiger partial charge in [0, 0.05) is 49.6 Å². The maximum absolute atomic E-state index is 13.4. The molecule has 0 saturated carbocycles. The van der Waals surface area contributed by atoms with E-state index in [2.05, 4.69) is 26.3 Å². The van der Waals surface area contributed by atoms with Crippen LogP contribution in [-0.2, 0) is 11.3 Å². The largest absolute Gasteiger partial charge is 0.439 e. The van der Waals surface area contributed by atoms with Crippen LogP contribution in [0, 0.1) is 23.1 Å². The second-order valence-electron chi connectivity index (χ2n) is 7.52. The molecule has 7 nitrogen and oxygen atoms in total. The number of nitrogens with one attached hydrogen (secondary N) is 1. The fourth-order valence-corrected chi connectivity index (χ4v) is 3.63. The summed E-state index contributed by atoms with van der Waals surface area (Å²) in [7, 11) is 0. The second kappa shape index (κ2) is 9.88. The zero-order chi connectivity index (χ0) is 22.3. The van der Waals surface area contributed by atoms with E-state index in [0.717, 1.165) is 18.9 Å². The fourth-order valence-electron chi connectivity index (χ4n) is 3.63. The van der Waals surface area contributed by atoms with E-state index in [4.69, 9.17) is 10.00 Å². The van der Waals surface area contributed by atoms with Gasteiger partial charge >= 0.3 is 0 Å². The topological polar surface area (TPSA) is 91.1 Å². The van der Waals surface area contributed by atoms with Crippen LogP contribution >= 0.6 is 0 Å². The van der Waals surface area contributed by atoms with E-state index in [9.17, 15) is 9.18 Å². The van der Waals surface area contributed by atoms with Crippen LogP contribution in [0.2, 0.25) is 0 Å². The fraction of sp³-hybridized carbons (Fsp3) is 0.250. The minimum absolute atomic E-state index is 0.0157. The van der Waals surface area contributed by atoms with Gasteiger partial charge in [-0.25, -0.2) is 14.4 Å². The minimum Gasteiger partial charge on any atom is -0.439 e. The quantitative estimate of drug-likeness (QED) is 0.638. The lowest BCUT2D eigenvalue weighted by molar-refractivity contribution is -0.125. The average Bonchev–Trinajstić information content (AvgIpc) is 2.83. The van der Waals surface area contributed by atoms with Gasteiger partial charge < -0.3 is 15.0 Å². The molecule has 0 unspecified atom stereocenters. The average molecular weight is 431 g/mol. The minimum atomic E-state index is -0.393. The van der Waals surface area contributed by atoms with Crippen molar-refractivity contribution in [2.24, 2.45) is 5.92 Å². The van der Waals surface area contributed by atoms with Gasteiger partial charge in [0.1, 0.15) is 23.5 Å². The molecule has 8 heteroatoms. The van der Waals surface area contributed by atoms with Gasteiger partial charge in [-0.3, -0.25) is 4.79 Å². The first-order valence-corrected chi connectivity index (χ1v) is 10.4. The molecule has 0 spiro atoms. The molecule has 3 aromatic rings. The van der Waals surface area contributed by atoms with E-state index in [1.807, 2.05) is 12.1 Å². The molecule has 1 aromatic carbocycles. The molecule has 2 aromatic heterocycles. The predicted octanol–water partition coefficient (Wildman–Crippen LogP) is 3.81. The lowest BCUT2D eigenvalue weighted by atomic mass is 9.96. The molecule has 0 aliphatic carbocycles. The van der Waals surface area contributed by atoms with E-state index >= 15 is 0 Å². The van der Waals surface area contributed by atoms with Crippen molar-refractivity contribution in [3.8, 4) is 17.7 Å². The molecule has 1 N–H and O–H groups in total. The van der Waals surface area contributed by atoms with Gasteiger partial charge in [0.25, 0.3) is 0 Å². The van der Waals surface area contributed by atoms with E-state index in [1.165, 1.54) is 12.1 Å². The number of hydrogen-bond donors (Lipinski definition) is 1. The number of rotatable bonds is 6. The van der Waals surface area contributed by atoms with Crippen molar-refractivity contribution >= 4 is 11.7 Å². The highest BCUT2D eigenvalue weighted by molar-refractivity contribution is 5.79. The standard InChI is InChI=1S/C24H22FN5O2/c25-20-4-1-5-21(13-20)32-24-19(3-2-10-27-24)16-29-23(31)18-8-11-30(12-9-18)22-7-6-17(14-26)15-28-22/h1-7,10,13,15,18H,8-9,11-12,16H2,(H,29,31). The molecule has 0 atom stereocenters. The van der Waals surface area contributed by atoms with Gasteiger partial charge in [0.2, 0.25) is 11.8 Å². The number of carbonyl (C=O) groups excluding carboxylic acids is 1. The summed E-state index contributed by atoms with van der Waals surface area (Å²) < 4.78 is 19.1. The molecule has 1 aliphatic rings. The third-order valence-corrected chi connectivity index (χ3v) is 5.38. The number of nitriles is 1. The summed E-state index contributed by atoms with van der Waals surface area (Å²) in [6.07, 6.45) is 4.58.